The third-order valence-corrected chi connectivity index (χ3v) is 1.81. The molecule has 4 N–H and O–H groups in total. The molecule has 0 amide bonds. The van der Waals surface area contributed by atoms with Crippen LogP contribution < -0.4 is 5.14 Å². The lowest BCUT2D eigenvalue weighted by Crippen LogP contribution is -2.04. The number of aromatic nitrogens is 2. The smallest absolute Gasteiger partial charge is 0.0925 e. The van der Waals surface area contributed by atoms with E-state index in [0.717, 1.165) is 11.4 Å². The van der Waals surface area contributed by atoms with Crippen molar-refractivity contribution >= 4 is 10.9 Å². The molecule has 0 aliphatic heterocycles. The first-order valence-electron chi connectivity index (χ1n) is 2.85. The van der Waals surface area contributed by atoms with Crippen molar-refractivity contribution in [2.75, 3.05) is 0 Å². The number of hydrogen-bond donors (Lipinski definition) is 3. The van der Waals surface area contributed by atoms with Crippen molar-refractivity contribution in [2.45, 2.75) is 12.7 Å². The van der Waals surface area contributed by atoms with Crippen LogP contribution in [0.25, 0.3) is 0 Å². The van der Waals surface area contributed by atoms with Crippen molar-refractivity contribution in [1.82, 2.24) is 9.97 Å². The van der Waals surface area contributed by atoms with Gasteiger partial charge in [0.15, 0.2) is 0 Å². The highest BCUT2D eigenvalue weighted by atomic mass is 32.2. The second kappa shape index (κ2) is 2.94. The Bertz CT molecular complexity index is 242. The summed E-state index contributed by atoms with van der Waals surface area (Å²) >= 11 is 0. The molecule has 0 aliphatic rings. The van der Waals surface area contributed by atoms with Gasteiger partial charge in [-0.15, -0.1) is 0 Å². The van der Waals surface area contributed by atoms with E-state index in [-0.39, 0.29) is 0 Å². The van der Waals surface area contributed by atoms with E-state index in [4.69, 9.17) is 9.92 Å². The summed E-state index contributed by atoms with van der Waals surface area (Å²) in [6, 6.07) is 0. The lowest BCUT2D eigenvalue weighted by atomic mass is 10.4. The van der Waals surface area contributed by atoms with Crippen LogP contribution in [0.3, 0.4) is 0 Å². The zero-order chi connectivity index (χ0) is 7.56. The Hall–Kier alpha value is -0.680. The highest BCUT2D eigenvalue weighted by Gasteiger charge is 1.99. The van der Waals surface area contributed by atoms with Gasteiger partial charge < -0.3 is 4.98 Å². The van der Waals surface area contributed by atoms with Crippen molar-refractivity contribution in [2.24, 2.45) is 5.14 Å². The maximum Gasteiger partial charge on any atom is 0.0925 e. The molecular formula is C5H10N4S. The van der Waals surface area contributed by atoms with Gasteiger partial charge in [-0.2, -0.15) is 0 Å². The van der Waals surface area contributed by atoms with Gasteiger partial charge in [0.1, 0.15) is 0 Å². The maximum absolute atomic E-state index is 7.10. The summed E-state index contributed by atoms with van der Waals surface area (Å²) < 4.78 is 7.10. The summed E-state index contributed by atoms with van der Waals surface area (Å²) in [4.78, 5) is 6.94. The van der Waals surface area contributed by atoms with Gasteiger partial charge in [0.2, 0.25) is 0 Å². The minimum Gasteiger partial charge on any atom is -0.348 e. The van der Waals surface area contributed by atoms with Gasteiger partial charge in [0.25, 0.3) is 0 Å². The SMILES string of the molecule is Cc1[nH]cnc1CS(=N)N. The highest BCUT2D eigenvalue weighted by Crippen LogP contribution is 2.01. The minimum absolute atomic E-state index is 0.551. The molecule has 1 rings (SSSR count). The predicted octanol–water partition coefficient (Wildman–Crippen LogP) is 0.472. The van der Waals surface area contributed by atoms with Crippen LogP contribution in [-0.4, -0.2) is 9.97 Å². The van der Waals surface area contributed by atoms with E-state index in [1.165, 1.54) is 0 Å². The first-order valence-corrected chi connectivity index (χ1v) is 4.31. The zero-order valence-electron chi connectivity index (χ0n) is 5.72. The zero-order valence-corrected chi connectivity index (χ0v) is 6.53. The monoisotopic (exact) mass is 158 g/mol. The average molecular weight is 158 g/mol. The van der Waals surface area contributed by atoms with Gasteiger partial charge >= 0.3 is 0 Å². The molecule has 0 aliphatic carbocycles. The second-order valence-corrected chi connectivity index (χ2v) is 3.19. The van der Waals surface area contributed by atoms with Crippen LogP contribution >= 0.6 is 0 Å². The molecule has 0 aromatic carbocycles. The van der Waals surface area contributed by atoms with Crippen LogP contribution in [0.1, 0.15) is 11.4 Å². The molecule has 1 aromatic rings. The molecule has 0 spiro atoms. The molecule has 1 atom stereocenters. The number of aromatic amines is 1. The topological polar surface area (TPSA) is 78.5 Å². The number of hydrogen-bond acceptors (Lipinski definition) is 2. The number of aryl methyl sites for hydroxylation is 1. The number of imidazole rings is 1. The fourth-order valence-corrected chi connectivity index (χ4v) is 1.27. The standard InChI is InChI=1S/C5H10N4S/c1-4-5(2-10(6)7)9-3-8-4/h3H,2H2,1H3,(H3,6,7)(H,8,9). The number of nitrogens with one attached hydrogen (secondary N) is 2. The number of H-pyrrole nitrogens is 1. The third-order valence-electron chi connectivity index (χ3n) is 1.23. The van der Waals surface area contributed by atoms with Crippen LogP contribution in [0.2, 0.25) is 0 Å². The molecule has 0 bridgehead atoms. The molecule has 0 saturated heterocycles. The largest absolute Gasteiger partial charge is 0.348 e. The van der Waals surface area contributed by atoms with Crippen LogP contribution in [0.4, 0.5) is 0 Å². The van der Waals surface area contributed by atoms with Gasteiger partial charge in [-0.05, 0) is 17.8 Å². The summed E-state index contributed by atoms with van der Waals surface area (Å²) in [5.74, 6) is 0.551. The van der Waals surface area contributed by atoms with E-state index < -0.39 is 10.9 Å². The Morgan fingerprint density at radius 2 is 2.60 bits per heavy atom. The minimum atomic E-state index is -0.788. The lowest BCUT2D eigenvalue weighted by molar-refractivity contribution is 1.18. The Kier molecular flexibility index (Phi) is 2.18. The Morgan fingerprint density at radius 1 is 1.90 bits per heavy atom. The van der Waals surface area contributed by atoms with Crippen LogP contribution in [0.5, 0.6) is 0 Å². The highest BCUT2D eigenvalue weighted by molar-refractivity contribution is 7.82. The number of rotatable bonds is 2. The van der Waals surface area contributed by atoms with Gasteiger partial charge in [-0.3, -0.25) is 9.92 Å². The van der Waals surface area contributed by atoms with Crippen molar-refractivity contribution in [3.05, 3.63) is 17.7 Å². The molecular weight excluding hydrogens is 148 g/mol. The fraction of sp³-hybridized carbons (Fsp3) is 0.400. The Morgan fingerprint density at radius 3 is 3.00 bits per heavy atom. The molecule has 1 aromatic heterocycles. The van der Waals surface area contributed by atoms with Crippen molar-refractivity contribution < 1.29 is 0 Å². The quantitative estimate of drug-likeness (QED) is 0.585. The second-order valence-electron chi connectivity index (χ2n) is 2.05. The first-order chi connectivity index (χ1) is 4.70. The molecule has 1 unspecified atom stereocenters. The van der Waals surface area contributed by atoms with Crippen molar-refractivity contribution in [3.8, 4) is 0 Å². The fourth-order valence-electron chi connectivity index (χ4n) is 0.680. The van der Waals surface area contributed by atoms with E-state index in [9.17, 15) is 0 Å². The predicted molar refractivity (Wildman–Crippen MR) is 41.3 cm³/mol. The van der Waals surface area contributed by atoms with Gasteiger partial charge in [0.05, 0.1) is 17.8 Å². The van der Waals surface area contributed by atoms with Gasteiger partial charge in [0, 0.05) is 5.69 Å². The van der Waals surface area contributed by atoms with Crippen molar-refractivity contribution in [3.63, 3.8) is 0 Å². The molecule has 56 valence electrons. The Balaban J connectivity index is 2.74. The average Bonchev–Trinajstić information content (AvgIpc) is 2.15. The third kappa shape index (κ3) is 1.65. The maximum atomic E-state index is 7.10. The summed E-state index contributed by atoms with van der Waals surface area (Å²) in [6.45, 7) is 1.93. The molecule has 4 nitrogen and oxygen atoms in total. The van der Waals surface area contributed by atoms with E-state index in [0.29, 0.717) is 5.75 Å². The molecule has 0 saturated carbocycles. The molecule has 0 radical (unpaired) electrons. The summed E-state index contributed by atoms with van der Waals surface area (Å²) in [6.07, 6.45) is 1.62. The number of nitrogens with two attached hydrogens (primary N) is 1. The van der Waals surface area contributed by atoms with E-state index in [2.05, 4.69) is 9.97 Å². The van der Waals surface area contributed by atoms with Crippen molar-refractivity contribution in [1.29, 1.82) is 4.78 Å². The van der Waals surface area contributed by atoms with E-state index in [1.807, 2.05) is 6.92 Å². The summed E-state index contributed by atoms with van der Waals surface area (Å²) in [5, 5.41) is 5.29. The lowest BCUT2D eigenvalue weighted by Gasteiger charge is -1.94. The van der Waals surface area contributed by atoms with Gasteiger partial charge in [-0.25, -0.2) is 4.98 Å². The van der Waals surface area contributed by atoms with Crippen LogP contribution in [-0.2, 0) is 16.6 Å². The van der Waals surface area contributed by atoms with Gasteiger partial charge in [-0.1, -0.05) is 0 Å². The molecule has 0 fully saturated rings. The summed E-state index contributed by atoms with van der Waals surface area (Å²) in [7, 11) is -0.788. The van der Waals surface area contributed by atoms with E-state index in [1.54, 1.807) is 6.33 Å². The van der Waals surface area contributed by atoms with E-state index >= 15 is 0 Å². The van der Waals surface area contributed by atoms with Crippen LogP contribution in [0.15, 0.2) is 6.33 Å². The molecule has 1 heterocycles. The number of nitrogens with zero attached hydrogens (tertiary/aromatic N) is 1. The molecule has 5 heteroatoms. The Labute approximate surface area is 61.9 Å². The molecule has 10 heavy (non-hydrogen) atoms. The normalized spacial score (nSPS) is 13.4. The first kappa shape index (κ1) is 7.43. The summed E-state index contributed by atoms with van der Waals surface area (Å²) in [5.41, 5.74) is 1.91. The van der Waals surface area contributed by atoms with Crippen LogP contribution in [0, 0.1) is 11.7 Å².